The largest absolute Gasteiger partial charge is 0.399 e. The molecule has 0 aliphatic carbocycles. The van der Waals surface area contributed by atoms with Gasteiger partial charge in [-0.05, 0) is 25.0 Å². The molecule has 0 bridgehead atoms. The molecule has 6 heteroatoms. The van der Waals surface area contributed by atoms with Crippen LogP contribution in [-0.4, -0.2) is 16.4 Å². The first-order valence-electron chi connectivity index (χ1n) is 6.43. The number of carbonyl (C=O) groups excluding carboxylic acids is 1. The summed E-state index contributed by atoms with van der Waals surface area (Å²) in [4.78, 5) is 12.2. The number of carbonyl (C=O) groups is 1. The van der Waals surface area contributed by atoms with Crippen LogP contribution in [0.15, 0.2) is 12.1 Å². The van der Waals surface area contributed by atoms with Crippen molar-refractivity contribution >= 4 is 52.2 Å². The number of anilines is 2. The lowest BCUT2D eigenvalue weighted by molar-refractivity contribution is -0.115. The molecule has 0 fully saturated rings. The highest BCUT2D eigenvalue weighted by Gasteiger charge is 2.20. The van der Waals surface area contributed by atoms with Gasteiger partial charge >= 0.3 is 0 Å². The van der Waals surface area contributed by atoms with Crippen LogP contribution in [0.2, 0.25) is 10.0 Å². The van der Waals surface area contributed by atoms with E-state index in [9.17, 15) is 4.79 Å². The monoisotopic (exact) mass is 334 g/mol. The first-order chi connectivity index (χ1) is 9.22. The molecule has 0 saturated heterocycles. The molecule has 112 valence electrons. The van der Waals surface area contributed by atoms with Gasteiger partial charge in [0.15, 0.2) is 0 Å². The zero-order valence-corrected chi connectivity index (χ0v) is 14.4. The summed E-state index contributed by atoms with van der Waals surface area (Å²) >= 11 is 13.7. The van der Waals surface area contributed by atoms with Crippen LogP contribution in [0.5, 0.6) is 0 Å². The fourth-order valence-electron chi connectivity index (χ4n) is 1.48. The van der Waals surface area contributed by atoms with Crippen LogP contribution in [0.3, 0.4) is 0 Å². The maximum atomic E-state index is 12.2. The van der Waals surface area contributed by atoms with Crippen molar-refractivity contribution in [1.29, 1.82) is 0 Å². The van der Waals surface area contributed by atoms with Gasteiger partial charge in [0.05, 0.1) is 21.0 Å². The van der Waals surface area contributed by atoms with Gasteiger partial charge in [-0.2, -0.15) is 0 Å². The number of rotatable bonds is 5. The molecule has 0 aliphatic rings. The lowest BCUT2D eigenvalue weighted by Crippen LogP contribution is -2.25. The van der Waals surface area contributed by atoms with Crippen molar-refractivity contribution in [3.05, 3.63) is 22.2 Å². The van der Waals surface area contributed by atoms with Gasteiger partial charge in [0.1, 0.15) is 0 Å². The van der Waals surface area contributed by atoms with Gasteiger partial charge in [0.25, 0.3) is 0 Å². The summed E-state index contributed by atoms with van der Waals surface area (Å²) in [5, 5.41) is 3.67. The molecule has 2 atom stereocenters. The van der Waals surface area contributed by atoms with E-state index in [1.165, 1.54) is 0 Å². The molecular weight excluding hydrogens is 315 g/mol. The Morgan fingerprint density at radius 1 is 1.20 bits per heavy atom. The van der Waals surface area contributed by atoms with Crippen molar-refractivity contribution in [2.24, 2.45) is 5.92 Å². The number of benzene rings is 1. The van der Waals surface area contributed by atoms with Gasteiger partial charge in [-0.25, -0.2) is 0 Å². The maximum Gasteiger partial charge on any atom is 0.237 e. The van der Waals surface area contributed by atoms with Crippen LogP contribution in [-0.2, 0) is 4.79 Å². The smallest absolute Gasteiger partial charge is 0.237 e. The van der Waals surface area contributed by atoms with Gasteiger partial charge < -0.3 is 11.1 Å². The third-order valence-corrected chi connectivity index (χ3v) is 5.23. The van der Waals surface area contributed by atoms with Crippen molar-refractivity contribution in [2.45, 2.75) is 38.2 Å². The Hall–Kier alpha value is -0.580. The molecule has 1 amide bonds. The lowest BCUT2D eigenvalue weighted by Gasteiger charge is -2.20. The number of thioether (sulfide) groups is 1. The van der Waals surface area contributed by atoms with Crippen molar-refractivity contribution in [1.82, 2.24) is 0 Å². The minimum Gasteiger partial charge on any atom is -0.399 e. The quantitative estimate of drug-likeness (QED) is 0.768. The van der Waals surface area contributed by atoms with Crippen LogP contribution < -0.4 is 11.1 Å². The Labute approximate surface area is 134 Å². The minimum atomic E-state index is -0.183. The number of amides is 1. The van der Waals surface area contributed by atoms with E-state index in [0.717, 1.165) is 0 Å². The molecule has 3 N–H and O–H groups in total. The fraction of sp³-hybridized carbons (Fsp3) is 0.500. The summed E-state index contributed by atoms with van der Waals surface area (Å²) in [6, 6.07) is 3.13. The zero-order valence-electron chi connectivity index (χ0n) is 12.0. The Morgan fingerprint density at radius 2 is 1.70 bits per heavy atom. The first kappa shape index (κ1) is 17.5. The van der Waals surface area contributed by atoms with Crippen molar-refractivity contribution in [2.75, 3.05) is 11.1 Å². The molecule has 0 aliphatic heterocycles. The van der Waals surface area contributed by atoms with E-state index in [1.54, 1.807) is 23.9 Å². The fourth-order valence-corrected chi connectivity index (χ4v) is 3.22. The van der Waals surface area contributed by atoms with Gasteiger partial charge in [-0.3, -0.25) is 4.79 Å². The highest BCUT2D eigenvalue weighted by atomic mass is 35.5. The van der Waals surface area contributed by atoms with Crippen LogP contribution in [0, 0.1) is 5.92 Å². The highest BCUT2D eigenvalue weighted by Crippen LogP contribution is 2.33. The molecule has 1 rings (SSSR count). The average molecular weight is 335 g/mol. The van der Waals surface area contributed by atoms with E-state index < -0.39 is 0 Å². The van der Waals surface area contributed by atoms with Crippen LogP contribution in [0.1, 0.15) is 27.7 Å². The van der Waals surface area contributed by atoms with Crippen LogP contribution in [0.4, 0.5) is 11.4 Å². The molecule has 0 radical (unpaired) electrons. The predicted molar refractivity (Wildman–Crippen MR) is 90.9 cm³/mol. The molecular formula is C14H20Cl2N2OS. The van der Waals surface area contributed by atoms with Gasteiger partial charge in [0, 0.05) is 10.9 Å². The number of hydrogen-bond acceptors (Lipinski definition) is 3. The topological polar surface area (TPSA) is 55.1 Å². The molecule has 1 aromatic carbocycles. The molecule has 20 heavy (non-hydrogen) atoms. The van der Waals surface area contributed by atoms with E-state index in [4.69, 9.17) is 28.9 Å². The standard InChI is InChI=1S/C14H20Cl2N2OS/c1-7(2)8(3)20-9(4)14(19)18-13-11(15)5-10(17)6-12(13)16/h5-9H,17H2,1-4H3,(H,18,19). The van der Waals surface area contributed by atoms with Gasteiger partial charge in [-0.15, -0.1) is 11.8 Å². The lowest BCUT2D eigenvalue weighted by atomic mass is 10.2. The van der Waals surface area contributed by atoms with E-state index in [-0.39, 0.29) is 11.2 Å². The number of halogens is 2. The number of hydrogen-bond donors (Lipinski definition) is 2. The Bertz CT molecular complexity index is 471. The number of nitrogen functional groups attached to an aromatic ring is 1. The van der Waals surface area contributed by atoms with Crippen LogP contribution >= 0.6 is 35.0 Å². The summed E-state index contributed by atoms with van der Waals surface area (Å²) in [6.45, 7) is 8.26. The molecule has 0 aromatic heterocycles. The Morgan fingerprint density at radius 3 is 2.15 bits per heavy atom. The summed E-state index contributed by atoms with van der Waals surface area (Å²) < 4.78 is 0. The van der Waals surface area contributed by atoms with E-state index >= 15 is 0 Å². The molecule has 0 saturated carbocycles. The molecule has 2 unspecified atom stereocenters. The SMILES string of the molecule is CC(SC(C)C(C)C)C(=O)Nc1c(Cl)cc(N)cc1Cl. The summed E-state index contributed by atoms with van der Waals surface area (Å²) in [5.74, 6) is 0.398. The van der Waals surface area contributed by atoms with E-state index in [0.29, 0.717) is 32.6 Å². The Balaban J connectivity index is 2.76. The second-order valence-electron chi connectivity index (χ2n) is 5.08. The zero-order chi connectivity index (χ0) is 15.4. The normalized spacial score (nSPS) is 14.2. The van der Waals surface area contributed by atoms with Crippen molar-refractivity contribution in [3.8, 4) is 0 Å². The molecule has 3 nitrogen and oxygen atoms in total. The van der Waals surface area contributed by atoms with Crippen molar-refractivity contribution < 1.29 is 4.79 Å². The Kier molecular flexibility index (Phi) is 6.49. The molecule has 0 heterocycles. The molecule has 1 aromatic rings. The summed E-state index contributed by atoms with van der Waals surface area (Å²) in [6.07, 6.45) is 0. The third kappa shape index (κ3) is 4.76. The van der Waals surface area contributed by atoms with Gasteiger partial charge in [0.2, 0.25) is 5.91 Å². The highest BCUT2D eigenvalue weighted by molar-refractivity contribution is 8.01. The summed E-state index contributed by atoms with van der Waals surface area (Å²) in [5.41, 5.74) is 6.51. The summed E-state index contributed by atoms with van der Waals surface area (Å²) in [7, 11) is 0. The number of nitrogens with two attached hydrogens (primary N) is 1. The first-order valence-corrected chi connectivity index (χ1v) is 8.13. The van der Waals surface area contributed by atoms with E-state index in [1.807, 2.05) is 6.92 Å². The third-order valence-electron chi connectivity index (χ3n) is 3.04. The second-order valence-corrected chi connectivity index (χ2v) is 7.61. The van der Waals surface area contributed by atoms with Crippen LogP contribution in [0.25, 0.3) is 0 Å². The number of nitrogens with one attached hydrogen (secondary N) is 1. The minimum absolute atomic E-state index is 0.115. The van der Waals surface area contributed by atoms with Crippen molar-refractivity contribution in [3.63, 3.8) is 0 Å². The second kappa shape index (κ2) is 7.43. The maximum absolute atomic E-state index is 12.2. The predicted octanol–water partition coefficient (Wildman–Crippen LogP) is 4.68. The molecule has 0 spiro atoms. The average Bonchev–Trinajstić information content (AvgIpc) is 2.32. The van der Waals surface area contributed by atoms with E-state index in [2.05, 4.69) is 26.1 Å². The van der Waals surface area contributed by atoms with Gasteiger partial charge in [-0.1, -0.05) is 44.0 Å².